The maximum atomic E-state index is 2.46. The van der Waals surface area contributed by atoms with E-state index < -0.39 is 0 Å². The Bertz CT molecular complexity index is 2940. The minimum Gasteiger partial charge on any atom is -0.309 e. The minimum atomic E-state index is 1.10. The lowest BCUT2D eigenvalue weighted by Crippen LogP contribution is -2.12. The molecule has 0 saturated carbocycles. The first-order valence-electron chi connectivity index (χ1n) is 18.4. The number of para-hydroxylation sites is 2. The van der Waals surface area contributed by atoms with Crippen molar-refractivity contribution < 1.29 is 0 Å². The highest BCUT2D eigenvalue weighted by molar-refractivity contribution is 7.26. The fourth-order valence-electron chi connectivity index (χ4n) is 7.92. The number of thiophene rings is 1. The highest BCUT2D eigenvalue weighted by Crippen LogP contribution is 2.49. The van der Waals surface area contributed by atoms with Crippen LogP contribution in [-0.4, -0.2) is 0 Å². The highest BCUT2D eigenvalue weighted by Gasteiger charge is 2.23. The van der Waals surface area contributed by atoms with Crippen LogP contribution >= 0.6 is 11.3 Å². The van der Waals surface area contributed by atoms with Crippen LogP contribution in [0.25, 0.3) is 75.5 Å². The largest absolute Gasteiger partial charge is 0.309 e. The molecule has 54 heavy (non-hydrogen) atoms. The first-order chi connectivity index (χ1) is 26.8. The number of benzene rings is 9. The standard InChI is InChI=1S/C52H35NS/c1-2-15-36(16-3-1)38-31-33-41(34-32-38)53(50-27-12-9-22-45(50)47-24-14-25-48-46-23-10-13-28-51(46)54-52(47)48)49-26-11-8-21-44(49)43-20-7-6-19-42(43)40-30-29-37-17-4-5-18-39(37)35-40/h1-35H. The average molecular weight is 706 g/mol. The number of fused-ring (bicyclic) bond motifs is 4. The van der Waals surface area contributed by atoms with Gasteiger partial charge in [-0.05, 0) is 75.0 Å². The van der Waals surface area contributed by atoms with Crippen LogP contribution in [0.15, 0.2) is 212 Å². The molecule has 2 heteroatoms. The Labute approximate surface area is 319 Å². The summed E-state index contributed by atoms with van der Waals surface area (Å²) in [6.45, 7) is 0. The number of hydrogen-bond donors (Lipinski definition) is 0. The number of anilines is 3. The molecule has 10 rings (SSSR count). The maximum absolute atomic E-state index is 2.46. The van der Waals surface area contributed by atoms with Crippen molar-refractivity contribution in [2.24, 2.45) is 0 Å². The van der Waals surface area contributed by atoms with Gasteiger partial charge in [0, 0.05) is 42.6 Å². The minimum absolute atomic E-state index is 1.10. The van der Waals surface area contributed by atoms with Crippen molar-refractivity contribution in [2.75, 3.05) is 4.90 Å². The van der Waals surface area contributed by atoms with Gasteiger partial charge in [0.05, 0.1) is 11.4 Å². The van der Waals surface area contributed by atoms with Gasteiger partial charge in [-0.2, -0.15) is 0 Å². The topological polar surface area (TPSA) is 3.24 Å². The second-order valence-corrected chi connectivity index (χ2v) is 14.7. The molecular formula is C52H35NS. The second-order valence-electron chi connectivity index (χ2n) is 13.7. The normalized spacial score (nSPS) is 11.3. The zero-order valence-electron chi connectivity index (χ0n) is 29.6. The zero-order chi connectivity index (χ0) is 35.8. The van der Waals surface area contributed by atoms with Crippen LogP contribution in [0.4, 0.5) is 17.1 Å². The van der Waals surface area contributed by atoms with Gasteiger partial charge >= 0.3 is 0 Å². The Morgan fingerprint density at radius 3 is 1.63 bits per heavy atom. The summed E-state index contributed by atoms with van der Waals surface area (Å²) in [7, 11) is 0. The molecule has 0 atom stereocenters. The van der Waals surface area contributed by atoms with E-state index in [2.05, 4.69) is 217 Å². The number of rotatable bonds is 7. The third-order valence-corrected chi connectivity index (χ3v) is 11.7. The van der Waals surface area contributed by atoms with E-state index in [4.69, 9.17) is 0 Å². The number of nitrogens with zero attached hydrogens (tertiary/aromatic N) is 1. The molecule has 1 heterocycles. The van der Waals surface area contributed by atoms with Crippen molar-refractivity contribution in [3.63, 3.8) is 0 Å². The molecule has 0 N–H and O–H groups in total. The van der Waals surface area contributed by atoms with E-state index in [0.717, 1.165) is 17.1 Å². The van der Waals surface area contributed by atoms with Crippen LogP contribution in [0.5, 0.6) is 0 Å². The lowest BCUT2D eigenvalue weighted by molar-refractivity contribution is 1.28. The Kier molecular flexibility index (Phi) is 8.09. The Hall–Kier alpha value is -6.74. The molecule has 0 aliphatic rings. The summed E-state index contributed by atoms with van der Waals surface area (Å²) in [5.41, 5.74) is 13.0. The van der Waals surface area contributed by atoms with Gasteiger partial charge in [0.15, 0.2) is 0 Å². The summed E-state index contributed by atoms with van der Waals surface area (Å²) >= 11 is 1.88. The van der Waals surface area contributed by atoms with Crippen LogP contribution in [-0.2, 0) is 0 Å². The summed E-state index contributed by atoms with van der Waals surface area (Å²) < 4.78 is 2.61. The molecule has 254 valence electrons. The van der Waals surface area contributed by atoms with Crippen molar-refractivity contribution >= 4 is 59.3 Å². The summed E-state index contributed by atoms with van der Waals surface area (Å²) in [6.07, 6.45) is 0. The Morgan fingerprint density at radius 2 is 0.852 bits per heavy atom. The summed E-state index contributed by atoms with van der Waals surface area (Å²) in [6, 6.07) is 77.2. The van der Waals surface area contributed by atoms with E-state index >= 15 is 0 Å². The van der Waals surface area contributed by atoms with Crippen LogP contribution in [0, 0.1) is 0 Å². The van der Waals surface area contributed by atoms with Crippen molar-refractivity contribution in [1.82, 2.24) is 0 Å². The highest BCUT2D eigenvalue weighted by atomic mass is 32.1. The van der Waals surface area contributed by atoms with E-state index in [1.165, 1.54) is 75.5 Å². The van der Waals surface area contributed by atoms with Crippen LogP contribution < -0.4 is 4.90 Å². The molecule has 1 aromatic heterocycles. The smallest absolute Gasteiger partial charge is 0.0540 e. The van der Waals surface area contributed by atoms with E-state index in [1.807, 2.05) is 11.3 Å². The van der Waals surface area contributed by atoms with Gasteiger partial charge in [0.25, 0.3) is 0 Å². The molecule has 1 nitrogen and oxygen atoms in total. The predicted molar refractivity (Wildman–Crippen MR) is 233 cm³/mol. The molecule has 0 spiro atoms. The van der Waals surface area contributed by atoms with Crippen molar-refractivity contribution in [3.05, 3.63) is 212 Å². The third kappa shape index (κ3) is 5.65. The first kappa shape index (κ1) is 32.0. The molecule has 10 aromatic rings. The van der Waals surface area contributed by atoms with E-state index in [-0.39, 0.29) is 0 Å². The van der Waals surface area contributed by atoms with E-state index in [0.29, 0.717) is 0 Å². The van der Waals surface area contributed by atoms with Gasteiger partial charge in [-0.25, -0.2) is 0 Å². The van der Waals surface area contributed by atoms with Gasteiger partial charge in [0.1, 0.15) is 0 Å². The van der Waals surface area contributed by atoms with Crippen molar-refractivity contribution in [2.45, 2.75) is 0 Å². The Balaban J connectivity index is 1.20. The maximum Gasteiger partial charge on any atom is 0.0540 e. The van der Waals surface area contributed by atoms with Crippen LogP contribution in [0.3, 0.4) is 0 Å². The van der Waals surface area contributed by atoms with Gasteiger partial charge in [-0.3, -0.25) is 0 Å². The van der Waals surface area contributed by atoms with E-state index in [1.54, 1.807) is 0 Å². The molecule has 0 aliphatic heterocycles. The fraction of sp³-hybridized carbons (Fsp3) is 0. The molecule has 0 unspecified atom stereocenters. The lowest BCUT2D eigenvalue weighted by atomic mass is 9.91. The van der Waals surface area contributed by atoms with Crippen LogP contribution in [0.2, 0.25) is 0 Å². The lowest BCUT2D eigenvalue weighted by Gasteiger charge is -2.30. The van der Waals surface area contributed by atoms with Crippen molar-refractivity contribution in [1.29, 1.82) is 0 Å². The number of hydrogen-bond acceptors (Lipinski definition) is 2. The summed E-state index contributed by atoms with van der Waals surface area (Å²) in [4.78, 5) is 2.46. The molecule has 0 radical (unpaired) electrons. The molecule has 9 aromatic carbocycles. The van der Waals surface area contributed by atoms with Gasteiger partial charge in [-0.15, -0.1) is 11.3 Å². The molecule has 0 aliphatic carbocycles. The first-order valence-corrected chi connectivity index (χ1v) is 19.2. The van der Waals surface area contributed by atoms with Gasteiger partial charge in [-0.1, -0.05) is 176 Å². The molecular weight excluding hydrogens is 671 g/mol. The summed E-state index contributed by atoms with van der Waals surface area (Å²) in [5, 5.41) is 5.09. The fourth-order valence-corrected chi connectivity index (χ4v) is 9.15. The molecule has 0 fully saturated rings. The van der Waals surface area contributed by atoms with E-state index in [9.17, 15) is 0 Å². The van der Waals surface area contributed by atoms with Gasteiger partial charge < -0.3 is 4.90 Å². The molecule has 0 amide bonds. The SMILES string of the molecule is c1ccc(-c2ccc(N(c3ccccc3-c3ccccc3-c3ccc4ccccc4c3)c3ccccc3-c3cccc4c3sc3ccccc34)cc2)cc1. The second kappa shape index (κ2) is 13.7. The molecule has 0 bridgehead atoms. The predicted octanol–water partition coefficient (Wildman–Crippen LogP) is 15.3. The Morgan fingerprint density at radius 1 is 0.315 bits per heavy atom. The third-order valence-electron chi connectivity index (χ3n) is 10.5. The zero-order valence-corrected chi connectivity index (χ0v) is 30.4. The van der Waals surface area contributed by atoms with Gasteiger partial charge in [0.2, 0.25) is 0 Å². The molecule has 0 saturated heterocycles. The monoisotopic (exact) mass is 705 g/mol. The average Bonchev–Trinajstić information content (AvgIpc) is 3.64. The quantitative estimate of drug-likeness (QED) is 0.160. The van der Waals surface area contributed by atoms with Crippen LogP contribution in [0.1, 0.15) is 0 Å². The van der Waals surface area contributed by atoms with Crippen molar-refractivity contribution in [3.8, 4) is 44.5 Å². The summed E-state index contributed by atoms with van der Waals surface area (Å²) in [5.74, 6) is 0.